The van der Waals surface area contributed by atoms with Gasteiger partial charge in [-0.25, -0.2) is 8.42 Å². The second-order valence-corrected chi connectivity index (χ2v) is 9.33. The molecule has 0 radical (unpaired) electrons. The number of fused-ring (bicyclic) bond motifs is 1. The highest BCUT2D eigenvalue weighted by atomic mass is 32.2. The molecule has 1 amide bonds. The molecule has 35 heavy (non-hydrogen) atoms. The van der Waals surface area contributed by atoms with E-state index < -0.39 is 21.5 Å². The summed E-state index contributed by atoms with van der Waals surface area (Å²) in [5.74, 6) is -0.611. The van der Waals surface area contributed by atoms with Crippen LogP contribution in [0.1, 0.15) is 23.6 Å². The van der Waals surface area contributed by atoms with Gasteiger partial charge in [0.15, 0.2) is 0 Å². The average molecular weight is 495 g/mol. The third-order valence-corrected chi connectivity index (χ3v) is 7.43. The van der Waals surface area contributed by atoms with Crippen LogP contribution in [0.3, 0.4) is 0 Å². The van der Waals surface area contributed by atoms with Crippen molar-refractivity contribution < 1.29 is 32.5 Å². The normalized spacial score (nSPS) is 17.0. The summed E-state index contributed by atoms with van der Waals surface area (Å²) < 4.78 is 44.3. The summed E-state index contributed by atoms with van der Waals surface area (Å²) in [5, 5.41) is 21.3. The van der Waals surface area contributed by atoms with E-state index in [1.54, 1.807) is 25.1 Å². The van der Waals surface area contributed by atoms with Gasteiger partial charge in [0.1, 0.15) is 22.1 Å². The van der Waals surface area contributed by atoms with Crippen LogP contribution in [0.25, 0.3) is 0 Å². The lowest BCUT2D eigenvalue weighted by Gasteiger charge is -2.25. The van der Waals surface area contributed by atoms with Crippen molar-refractivity contribution in [1.29, 1.82) is 5.26 Å². The lowest BCUT2D eigenvalue weighted by molar-refractivity contribution is -0.131. The van der Waals surface area contributed by atoms with Gasteiger partial charge in [-0.05, 0) is 43.3 Å². The molecule has 1 heterocycles. The first-order chi connectivity index (χ1) is 16.7. The zero-order valence-electron chi connectivity index (χ0n) is 19.2. The van der Waals surface area contributed by atoms with Gasteiger partial charge in [0.2, 0.25) is 5.60 Å². The van der Waals surface area contributed by atoms with Crippen molar-refractivity contribution in [3.05, 3.63) is 77.4 Å². The number of nitrogens with zero attached hydrogens (tertiary/aromatic N) is 2. The fourth-order valence-electron chi connectivity index (χ4n) is 4.08. The number of ether oxygens (including phenoxy) is 3. The molecule has 9 nitrogen and oxygen atoms in total. The SMILES string of the molecule is CCOc1ccccc1C1(O)C(=O)N(S(=O)(=O)c2ccc(OC)cc2OC)c2ccc(C#N)cc21. The lowest BCUT2D eigenvalue weighted by atomic mass is 9.86. The molecule has 1 atom stereocenters. The van der Waals surface area contributed by atoms with Crippen LogP contribution in [-0.2, 0) is 20.4 Å². The monoisotopic (exact) mass is 494 g/mol. The number of sulfonamides is 1. The Balaban J connectivity index is 1.99. The topological polar surface area (TPSA) is 126 Å². The molecule has 0 spiro atoms. The molecule has 3 aromatic rings. The molecule has 4 rings (SSSR count). The van der Waals surface area contributed by atoms with Gasteiger partial charge in [-0.1, -0.05) is 18.2 Å². The van der Waals surface area contributed by atoms with Gasteiger partial charge in [0.25, 0.3) is 15.9 Å². The van der Waals surface area contributed by atoms with Crippen molar-refractivity contribution in [1.82, 2.24) is 0 Å². The zero-order chi connectivity index (χ0) is 25.4. The van der Waals surface area contributed by atoms with E-state index in [1.807, 2.05) is 6.07 Å². The number of benzene rings is 3. The van der Waals surface area contributed by atoms with Gasteiger partial charge in [0, 0.05) is 17.2 Å². The molecule has 1 aliphatic heterocycles. The van der Waals surface area contributed by atoms with Crippen LogP contribution in [0.2, 0.25) is 0 Å². The molecule has 0 fully saturated rings. The van der Waals surface area contributed by atoms with Gasteiger partial charge in [-0.15, -0.1) is 0 Å². The maximum atomic E-state index is 13.9. The van der Waals surface area contributed by atoms with Crippen molar-refractivity contribution >= 4 is 21.6 Å². The van der Waals surface area contributed by atoms with Crippen LogP contribution >= 0.6 is 0 Å². The van der Waals surface area contributed by atoms with E-state index in [9.17, 15) is 23.6 Å². The predicted molar refractivity (Wildman–Crippen MR) is 126 cm³/mol. The number of methoxy groups -OCH3 is 2. The summed E-state index contributed by atoms with van der Waals surface area (Å²) in [6, 6.07) is 16.3. The number of anilines is 1. The van der Waals surface area contributed by atoms with Crippen LogP contribution in [0.5, 0.6) is 17.2 Å². The van der Waals surface area contributed by atoms with Crippen LogP contribution < -0.4 is 18.5 Å². The molecule has 1 aliphatic rings. The summed E-state index contributed by atoms with van der Waals surface area (Å²) in [4.78, 5) is 13.6. The van der Waals surface area contributed by atoms with Gasteiger partial charge >= 0.3 is 0 Å². The van der Waals surface area contributed by atoms with E-state index in [4.69, 9.17) is 14.2 Å². The van der Waals surface area contributed by atoms with Crippen LogP contribution in [-0.4, -0.2) is 40.3 Å². The molecular formula is C25H22N2O7S. The zero-order valence-corrected chi connectivity index (χ0v) is 20.0. The van der Waals surface area contributed by atoms with Gasteiger partial charge in [-0.3, -0.25) is 4.79 Å². The van der Waals surface area contributed by atoms with Gasteiger partial charge < -0.3 is 19.3 Å². The smallest absolute Gasteiger partial charge is 0.282 e. The quantitative estimate of drug-likeness (QED) is 0.531. The number of aliphatic hydroxyl groups is 1. The number of hydrogen-bond acceptors (Lipinski definition) is 8. The van der Waals surface area contributed by atoms with E-state index >= 15 is 0 Å². The third-order valence-electron chi connectivity index (χ3n) is 5.69. The van der Waals surface area contributed by atoms with Gasteiger partial charge in [-0.2, -0.15) is 9.57 Å². The standard InChI is InChI=1S/C25H22N2O7S/c1-4-34-21-8-6-5-7-18(21)25(29)19-13-16(15-26)9-11-20(19)27(24(25)28)35(30,31)23-12-10-17(32-2)14-22(23)33-3/h5-14,29H,4H2,1-3H3. The van der Waals surface area contributed by atoms with E-state index in [0.29, 0.717) is 10.1 Å². The first-order valence-electron chi connectivity index (χ1n) is 10.5. The number of nitriles is 1. The molecule has 0 saturated heterocycles. The number of rotatable bonds is 7. The minimum absolute atomic E-state index is 0.0440. The Hall–Kier alpha value is -4.07. The van der Waals surface area contributed by atoms with E-state index in [0.717, 1.165) is 0 Å². The Labute approximate surface area is 202 Å². The predicted octanol–water partition coefficient (Wildman–Crippen LogP) is 2.95. The summed E-state index contributed by atoms with van der Waals surface area (Å²) in [5.41, 5.74) is -2.36. The third kappa shape index (κ3) is 3.65. The average Bonchev–Trinajstić information content (AvgIpc) is 3.11. The highest BCUT2D eigenvalue weighted by Gasteiger charge is 2.56. The molecule has 180 valence electrons. The summed E-state index contributed by atoms with van der Waals surface area (Å²) in [6.07, 6.45) is 0. The molecular weight excluding hydrogens is 472 g/mol. The Morgan fingerprint density at radius 3 is 2.40 bits per heavy atom. The number of para-hydroxylation sites is 1. The van der Waals surface area contributed by atoms with Crippen LogP contribution in [0.15, 0.2) is 65.6 Å². The summed E-state index contributed by atoms with van der Waals surface area (Å²) in [7, 11) is -1.86. The molecule has 1 N–H and O–H groups in total. The Bertz CT molecular complexity index is 1460. The maximum absolute atomic E-state index is 13.9. The van der Waals surface area contributed by atoms with Crippen molar-refractivity contribution in [2.45, 2.75) is 17.4 Å². The number of carbonyl (C=O) groups excluding carboxylic acids is 1. The van der Waals surface area contributed by atoms with Crippen molar-refractivity contribution in [2.75, 3.05) is 25.1 Å². The Kier molecular flexibility index (Phi) is 6.15. The molecule has 10 heteroatoms. The Morgan fingerprint density at radius 1 is 1.00 bits per heavy atom. The highest BCUT2D eigenvalue weighted by molar-refractivity contribution is 7.93. The van der Waals surface area contributed by atoms with E-state index in [1.165, 1.54) is 56.7 Å². The fraction of sp³-hybridized carbons (Fsp3) is 0.200. The number of carbonyl (C=O) groups is 1. The Morgan fingerprint density at radius 2 is 1.74 bits per heavy atom. The van der Waals surface area contributed by atoms with E-state index in [2.05, 4.69) is 0 Å². The molecule has 1 unspecified atom stereocenters. The largest absolute Gasteiger partial charge is 0.497 e. The molecule has 0 bridgehead atoms. The van der Waals surface area contributed by atoms with Crippen LogP contribution in [0, 0.1) is 11.3 Å². The highest BCUT2D eigenvalue weighted by Crippen LogP contribution is 2.49. The summed E-state index contributed by atoms with van der Waals surface area (Å²) >= 11 is 0. The van der Waals surface area contributed by atoms with Crippen LogP contribution in [0.4, 0.5) is 5.69 Å². The van der Waals surface area contributed by atoms with Crippen molar-refractivity contribution in [2.24, 2.45) is 0 Å². The maximum Gasteiger partial charge on any atom is 0.282 e. The minimum Gasteiger partial charge on any atom is -0.497 e. The first kappa shape index (κ1) is 24.1. The first-order valence-corrected chi connectivity index (χ1v) is 12.0. The summed E-state index contributed by atoms with van der Waals surface area (Å²) in [6.45, 7) is 1.99. The van der Waals surface area contributed by atoms with Crippen molar-refractivity contribution in [3.8, 4) is 23.3 Å². The number of hydrogen-bond donors (Lipinski definition) is 1. The second kappa shape index (κ2) is 8.94. The minimum atomic E-state index is -4.57. The molecule has 0 aromatic heterocycles. The van der Waals surface area contributed by atoms with Crippen molar-refractivity contribution in [3.63, 3.8) is 0 Å². The lowest BCUT2D eigenvalue weighted by Crippen LogP contribution is -2.44. The molecule has 0 saturated carbocycles. The molecule has 0 aliphatic carbocycles. The second-order valence-electron chi connectivity index (χ2n) is 7.57. The molecule has 3 aromatic carbocycles. The number of amides is 1. The van der Waals surface area contributed by atoms with Gasteiger partial charge in [0.05, 0.1) is 38.1 Å². The van der Waals surface area contributed by atoms with E-state index in [-0.39, 0.29) is 45.4 Å². The fourth-order valence-corrected chi connectivity index (χ4v) is 5.68.